The SMILES string of the molecule is CN=C(NCCc1ccc(F)cc1)NCC(OC)c1ccccc1.I. The first-order valence-corrected chi connectivity index (χ1v) is 7.99. The molecule has 0 aliphatic heterocycles. The van der Waals surface area contributed by atoms with Crippen molar-refractivity contribution < 1.29 is 9.13 Å². The van der Waals surface area contributed by atoms with E-state index in [1.54, 1.807) is 26.3 Å². The number of ether oxygens (including phenoxy) is 1. The highest BCUT2D eigenvalue weighted by Crippen LogP contribution is 2.14. The van der Waals surface area contributed by atoms with E-state index in [0.29, 0.717) is 13.1 Å². The molecule has 2 aromatic carbocycles. The summed E-state index contributed by atoms with van der Waals surface area (Å²) in [6.07, 6.45) is 0.759. The normalized spacial score (nSPS) is 12.2. The largest absolute Gasteiger partial charge is 0.375 e. The Morgan fingerprint density at radius 1 is 1.08 bits per heavy atom. The smallest absolute Gasteiger partial charge is 0.191 e. The molecular formula is C19H25FIN3O. The highest BCUT2D eigenvalue weighted by Gasteiger charge is 2.10. The van der Waals surface area contributed by atoms with Gasteiger partial charge in [0, 0.05) is 27.2 Å². The monoisotopic (exact) mass is 457 g/mol. The second-order valence-corrected chi connectivity index (χ2v) is 5.39. The topological polar surface area (TPSA) is 45.7 Å². The molecule has 0 bridgehead atoms. The summed E-state index contributed by atoms with van der Waals surface area (Å²) in [5.74, 6) is 0.505. The quantitative estimate of drug-likeness (QED) is 0.380. The Morgan fingerprint density at radius 3 is 2.36 bits per heavy atom. The van der Waals surface area contributed by atoms with Crippen LogP contribution in [0.2, 0.25) is 0 Å². The van der Waals surface area contributed by atoms with Gasteiger partial charge in [-0.15, -0.1) is 24.0 Å². The van der Waals surface area contributed by atoms with Crippen molar-refractivity contribution in [2.45, 2.75) is 12.5 Å². The van der Waals surface area contributed by atoms with Crippen LogP contribution in [0.3, 0.4) is 0 Å². The molecule has 2 N–H and O–H groups in total. The van der Waals surface area contributed by atoms with Crippen molar-refractivity contribution in [1.29, 1.82) is 0 Å². The molecule has 0 heterocycles. The number of benzene rings is 2. The van der Waals surface area contributed by atoms with Crippen molar-refractivity contribution in [2.24, 2.45) is 4.99 Å². The summed E-state index contributed by atoms with van der Waals surface area (Å²) in [6, 6.07) is 16.6. The number of rotatable bonds is 7. The van der Waals surface area contributed by atoms with Gasteiger partial charge in [-0.25, -0.2) is 4.39 Å². The van der Waals surface area contributed by atoms with Gasteiger partial charge in [0.1, 0.15) is 5.82 Å². The maximum Gasteiger partial charge on any atom is 0.191 e. The van der Waals surface area contributed by atoms with Crippen LogP contribution in [0.5, 0.6) is 0 Å². The van der Waals surface area contributed by atoms with E-state index in [0.717, 1.165) is 23.5 Å². The van der Waals surface area contributed by atoms with Crippen LogP contribution in [-0.4, -0.2) is 33.2 Å². The fourth-order valence-electron chi connectivity index (χ4n) is 2.39. The maximum atomic E-state index is 12.9. The summed E-state index contributed by atoms with van der Waals surface area (Å²) >= 11 is 0. The predicted molar refractivity (Wildman–Crippen MR) is 111 cm³/mol. The number of guanidine groups is 1. The van der Waals surface area contributed by atoms with Gasteiger partial charge < -0.3 is 15.4 Å². The van der Waals surface area contributed by atoms with E-state index in [1.807, 2.05) is 30.3 Å². The van der Waals surface area contributed by atoms with Crippen LogP contribution in [0.4, 0.5) is 4.39 Å². The van der Waals surface area contributed by atoms with Gasteiger partial charge in [-0.1, -0.05) is 42.5 Å². The summed E-state index contributed by atoms with van der Waals surface area (Å²) in [7, 11) is 3.43. The molecule has 0 spiro atoms. The summed E-state index contributed by atoms with van der Waals surface area (Å²) in [6.45, 7) is 1.34. The Bertz CT molecular complexity index is 635. The van der Waals surface area contributed by atoms with Crippen molar-refractivity contribution in [3.63, 3.8) is 0 Å². The molecule has 0 amide bonds. The molecule has 2 rings (SSSR count). The Balaban J connectivity index is 0.00000312. The second kappa shape index (κ2) is 11.8. The van der Waals surface area contributed by atoms with Crippen molar-refractivity contribution in [1.82, 2.24) is 10.6 Å². The molecule has 0 saturated heterocycles. The molecule has 0 radical (unpaired) electrons. The lowest BCUT2D eigenvalue weighted by Gasteiger charge is -2.18. The molecule has 136 valence electrons. The lowest BCUT2D eigenvalue weighted by molar-refractivity contribution is 0.106. The highest BCUT2D eigenvalue weighted by molar-refractivity contribution is 14.0. The van der Waals surface area contributed by atoms with Gasteiger partial charge >= 0.3 is 0 Å². The standard InChI is InChI=1S/C19H24FN3O.HI/c1-21-19(22-13-12-15-8-10-17(20)11-9-15)23-14-18(24-2)16-6-4-3-5-7-16;/h3-11,18H,12-14H2,1-2H3,(H2,21,22,23);1H. The molecule has 6 heteroatoms. The highest BCUT2D eigenvalue weighted by atomic mass is 127. The Hall–Kier alpha value is -1.67. The fraction of sp³-hybridized carbons (Fsp3) is 0.316. The average Bonchev–Trinajstić information content (AvgIpc) is 2.63. The molecule has 25 heavy (non-hydrogen) atoms. The molecule has 1 atom stereocenters. The summed E-state index contributed by atoms with van der Waals surface area (Å²) in [4.78, 5) is 4.21. The average molecular weight is 457 g/mol. The third kappa shape index (κ3) is 7.39. The van der Waals surface area contributed by atoms with Crippen molar-refractivity contribution in [3.05, 3.63) is 71.5 Å². The lowest BCUT2D eigenvalue weighted by atomic mass is 10.1. The maximum absolute atomic E-state index is 12.9. The molecule has 0 aliphatic carbocycles. The van der Waals surface area contributed by atoms with E-state index < -0.39 is 0 Å². The zero-order valence-electron chi connectivity index (χ0n) is 14.5. The Labute approximate surface area is 165 Å². The Kier molecular flexibility index (Phi) is 10.1. The molecule has 4 nitrogen and oxygen atoms in total. The minimum absolute atomic E-state index is 0. The van der Waals surface area contributed by atoms with Crippen molar-refractivity contribution in [3.8, 4) is 0 Å². The van der Waals surface area contributed by atoms with Crippen molar-refractivity contribution >= 4 is 29.9 Å². The van der Waals surface area contributed by atoms with Crippen LogP contribution in [0.1, 0.15) is 17.2 Å². The molecule has 2 aromatic rings. The van der Waals surface area contributed by atoms with Crippen LogP contribution in [-0.2, 0) is 11.2 Å². The number of aliphatic imine (C=N–C) groups is 1. The van der Waals surface area contributed by atoms with E-state index in [1.165, 1.54) is 12.1 Å². The number of methoxy groups -OCH3 is 1. The molecule has 0 aliphatic rings. The first-order chi connectivity index (χ1) is 11.7. The van der Waals surface area contributed by atoms with Crippen LogP contribution in [0.25, 0.3) is 0 Å². The number of nitrogens with one attached hydrogen (secondary N) is 2. The summed E-state index contributed by atoms with van der Waals surface area (Å²) < 4.78 is 18.4. The van der Waals surface area contributed by atoms with Crippen LogP contribution in [0.15, 0.2) is 59.6 Å². The lowest BCUT2D eigenvalue weighted by Crippen LogP contribution is -2.40. The number of hydrogen-bond acceptors (Lipinski definition) is 2. The van der Waals surface area contributed by atoms with Crippen LogP contribution in [0, 0.1) is 5.82 Å². The van der Waals surface area contributed by atoms with Crippen molar-refractivity contribution in [2.75, 3.05) is 27.2 Å². The van der Waals surface area contributed by atoms with Gasteiger partial charge in [0.05, 0.1) is 6.10 Å². The van der Waals surface area contributed by atoms with Gasteiger partial charge in [0.2, 0.25) is 0 Å². The fourth-order valence-corrected chi connectivity index (χ4v) is 2.39. The second-order valence-electron chi connectivity index (χ2n) is 5.39. The van der Waals surface area contributed by atoms with Crippen LogP contribution >= 0.6 is 24.0 Å². The third-order valence-corrected chi connectivity index (χ3v) is 3.75. The molecule has 0 saturated carbocycles. The third-order valence-electron chi connectivity index (χ3n) is 3.75. The zero-order valence-corrected chi connectivity index (χ0v) is 16.9. The predicted octanol–water partition coefficient (Wildman–Crippen LogP) is 3.54. The molecule has 0 aromatic heterocycles. The van der Waals surface area contributed by atoms with E-state index in [9.17, 15) is 4.39 Å². The molecular weight excluding hydrogens is 432 g/mol. The summed E-state index contributed by atoms with van der Waals surface area (Å²) in [5, 5.41) is 6.52. The van der Waals surface area contributed by atoms with Gasteiger partial charge in [0.15, 0.2) is 5.96 Å². The molecule has 1 unspecified atom stereocenters. The van der Waals surface area contributed by atoms with Crippen LogP contribution < -0.4 is 10.6 Å². The van der Waals surface area contributed by atoms with Gasteiger partial charge in [-0.3, -0.25) is 4.99 Å². The minimum Gasteiger partial charge on any atom is -0.375 e. The van der Waals surface area contributed by atoms with Gasteiger partial charge in [0.25, 0.3) is 0 Å². The summed E-state index contributed by atoms with van der Waals surface area (Å²) in [5.41, 5.74) is 2.20. The minimum atomic E-state index is -0.212. The Morgan fingerprint density at radius 2 is 1.76 bits per heavy atom. The van der Waals surface area contributed by atoms with E-state index >= 15 is 0 Å². The van der Waals surface area contributed by atoms with E-state index in [2.05, 4.69) is 15.6 Å². The number of hydrogen-bond donors (Lipinski definition) is 2. The van der Waals surface area contributed by atoms with Gasteiger partial charge in [-0.05, 0) is 29.7 Å². The molecule has 0 fully saturated rings. The number of halogens is 2. The first kappa shape index (κ1) is 21.4. The van der Waals surface area contributed by atoms with Gasteiger partial charge in [-0.2, -0.15) is 0 Å². The first-order valence-electron chi connectivity index (χ1n) is 7.99. The zero-order chi connectivity index (χ0) is 17.2. The van der Waals surface area contributed by atoms with E-state index in [-0.39, 0.29) is 35.9 Å². The number of nitrogens with zero attached hydrogens (tertiary/aromatic N) is 1. The van der Waals surface area contributed by atoms with E-state index in [4.69, 9.17) is 4.74 Å².